The van der Waals surface area contributed by atoms with E-state index in [0.29, 0.717) is 10.6 Å². The summed E-state index contributed by atoms with van der Waals surface area (Å²) in [6.07, 6.45) is 0. The van der Waals surface area contributed by atoms with E-state index in [2.05, 4.69) is 11.1 Å². The maximum Gasteiger partial charge on any atom is 0.237 e. The number of para-hydroxylation sites is 1. The SMILES string of the molecule is Cc1nc(SCC(=O)N(C)c2ccccc2)c(C#N)c(C)c1C. The number of anilines is 1. The fraction of sp³-hybridized carbons (Fsp3) is 0.278. The topological polar surface area (TPSA) is 57.0 Å². The van der Waals surface area contributed by atoms with Crippen LogP contribution in [0, 0.1) is 32.1 Å². The molecule has 0 spiro atoms. The van der Waals surface area contributed by atoms with E-state index in [1.165, 1.54) is 11.8 Å². The molecule has 118 valence electrons. The molecule has 1 heterocycles. The van der Waals surface area contributed by atoms with Crippen LogP contribution in [0.25, 0.3) is 0 Å². The molecule has 1 aromatic carbocycles. The molecule has 1 aromatic heterocycles. The standard InChI is InChI=1S/C18H19N3OS/c1-12-13(2)16(10-19)18(20-14(12)3)23-11-17(22)21(4)15-8-6-5-7-9-15/h5-9H,11H2,1-4H3. The minimum Gasteiger partial charge on any atom is -0.315 e. The van der Waals surface area contributed by atoms with Crippen molar-refractivity contribution in [3.63, 3.8) is 0 Å². The van der Waals surface area contributed by atoms with Crippen LogP contribution < -0.4 is 4.90 Å². The van der Waals surface area contributed by atoms with Crippen LogP contribution in [0.1, 0.15) is 22.4 Å². The minimum atomic E-state index is -0.0252. The molecule has 0 aliphatic heterocycles. The van der Waals surface area contributed by atoms with Gasteiger partial charge in [0.2, 0.25) is 5.91 Å². The number of amides is 1. The first-order valence-corrected chi connectivity index (χ1v) is 8.26. The number of hydrogen-bond donors (Lipinski definition) is 0. The van der Waals surface area contributed by atoms with E-state index in [4.69, 9.17) is 0 Å². The van der Waals surface area contributed by atoms with Gasteiger partial charge in [-0.1, -0.05) is 30.0 Å². The summed E-state index contributed by atoms with van der Waals surface area (Å²) in [5.41, 5.74) is 4.27. The second kappa shape index (κ2) is 7.30. The molecule has 0 unspecified atom stereocenters. The molecule has 5 heteroatoms. The van der Waals surface area contributed by atoms with Crippen LogP contribution >= 0.6 is 11.8 Å². The highest BCUT2D eigenvalue weighted by atomic mass is 32.2. The van der Waals surface area contributed by atoms with Gasteiger partial charge in [-0.3, -0.25) is 4.79 Å². The second-order valence-electron chi connectivity index (χ2n) is 5.32. The first kappa shape index (κ1) is 17.0. The van der Waals surface area contributed by atoms with Crippen molar-refractivity contribution in [2.75, 3.05) is 17.7 Å². The van der Waals surface area contributed by atoms with Gasteiger partial charge in [-0.05, 0) is 44.0 Å². The third-order valence-corrected chi connectivity index (χ3v) is 4.89. The van der Waals surface area contributed by atoms with E-state index in [9.17, 15) is 10.1 Å². The maximum absolute atomic E-state index is 12.3. The summed E-state index contributed by atoms with van der Waals surface area (Å²) < 4.78 is 0. The molecule has 0 atom stereocenters. The Kier molecular flexibility index (Phi) is 5.41. The predicted molar refractivity (Wildman–Crippen MR) is 93.7 cm³/mol. The lowest BCUT2D eigenvalue weighted by molar-refractivity contribution is -0.115. The summed E-state index contributed by atoms with van der Waals surface area (Å²) in [5, 5.41) is 10.00. The Morgan fingerprint density at radius 3 is 2.48 bits per heavy atom. The number of hydrogen-bond acceptors (Lipinski definition) is 4. The largest absolute Gasteiger partial charge is 0.315 e. The highest BCUT2D eigenvalue weighted by molar-refractivity contribution is 8.00. The van der Waals surface area contributed by atoms with Crippen LogP contribution in [0.3, 0.4) is 0 Å². The zero-order valence-electron chi connectivity index (χ0n) is 13.8. The minimum absolute atomic E-state index is 0.0252. The molecule has 0 aliphatic rings. The lowest BCUT2D eigenvalue weighted by Crippen LogP contribution is -2.27. The van der Waals surface area contributed by atoms with Gasteiger partial charge in [0, 0.05) is 18.4 Å². The molecule has 0 fully saturated rings. The van der Waals surface area contributed by atoms with Gasteiger partial charge >= 0.3 is 0 Å². The summed E-state index contributed by atoms with van der Waals surface area (Å²) in [4.78, 5) is 18.4. The molecule has 2 aromatic rings. The van der Waals surface area contributed by atoms with Crippen molar-refractivity contribution in [1.29, 1.82) is 5.26 Å². The van der Waals surface area contributed by atoms with Crippen LogP contribution in [0.2, 0.25) is 0 Å². The smallest absolute Gasteiger partial charge is 0.237 e. The van der Waals surface area contributed by atoms with Crippen LogP contribution in [0.5, 0.6) is 0 Å². The van der Waals surface area contributed by atoms with Gasteiger partial charge in [0.1, 0.15) is 11.1 Å². The average Bonchev–Trinajstić information content (AvgIpc) is 2.57. The molecule has 0 aliphatic carbocycles. The molecule has 0 N–H and O–H groups in total. The van der Waals surface area contributed by atoms with Crippen molar-refractivity contribution in [3.8, 4) is 6.07 Å². The van der Waals surface area contributed by atoms with Crippen LogP contribution in [0.4, 0.5) is 5.69 Å². The average molecular weight is 325 g/mol. The van der Waals surface area contributed by atoms with Crippen molar-refractivity contribution in [2.24, 2.45) is 0 Å². The highest BCUT2D eigenvalue weighted by Gasteiger charge is 2.16. The fourth-order valence-electron chi connectivity index (χ4n) is 2.17. The number of nitrogens with zero attached hydrogens (tertiary/aromatic N) is 3. The Morgan fingerprint density at radius 1 is 1.22 bits per heavy atom. The van der Waals surface area contributed by atoms with Gasteiger partial charge in [0.25, 0.3) is 0 Å². The second-order valence-corrected chi connectivity index (χ2v) is 6.28. The Morgan fingerprint density at radius 2 is 1.87 bits per heavy atom. The van der Waals surface area contributed by atoms with Crippen molar-refractivity contribution in [2.45, 2.75) is 25.8 Å². The Hall–Kier alpha value is -2.32. The lowest BCUT2D eigenvalue weighted by atomic mass is 10.1. The first-order valence-electron chi connectivity index (χ1n) is 7.28. The van der Waals surface area contributed by atoms with Crippen LogP contribution in [-0.2, 0) is 4.79 Å². The van der Waals surface area contributed by atoms with Crippen LogP contribution in [-0.4, -0.2) is 23.7 Å². The Bertz CT molecular complexity index is 766. The number of thioether (sulfide) groups is 1. The quantitative estimate of drug-likeness (QED) is 0.805. The molecule has 23 heavy (non-hydrogen) atoms. The van der Waals surface area contributed by atoms with Crippen molar-refractivity contribution in [1.82, 2.24) is 4.98 Å². The zero-order chi connectivity index (χ0) is 17.0. The third-order valence-electron chi connectivity index (χ3n) is 3.93. The number of aryl methyl sites for hydroxylation is 1. The van der Waals surface area contributed by atoms with Crippen molar-refractivity contribution >= 4 is 23.4 Å². The summed E-state index contributed by atoms with van der Waals surface area (Å²) in [5.74, 6) is 0.220. The molecular weight excluding hydrogens is 306 g/mol. The van der Waals surface area contributed by atoms with E-state index < -0.39 is 0 Å². The summed E-state index contributed by atoms with van der Waals surface area (Å²) >= 11 is 1.31. The van der Waals surface area contributed by atoms with E-state index in [-0.39, 0.29) is 11.7 Å². The molecule has 0 radical (unpaired) electrons. The number of pyridine rings is 1. The number of rotatable bonds is 4. The van der Waals surface area contributed by atoms with Gasteiger partial charge in [-0.25, -0.2) is 4.98 Å². The van der Waals surface area contributed by atoms with E-state index >= 15 is 0 Å². The van der Waals surface area contributed by atoms with E-state index in [1.807, 2.05) is 51.1 Å². The number of nitriles is 1. The van der Waals surface area contributed by atoms with Crippen molar-refractivity contribution < 1.29 is 4.79 Å². The van der Waals surface area contributed by atoms with Gasteiger partial charge in [-0.15, -0.1) is 0 Å². The van der Waals surface area contributed by atoms with Gasteiger partial charge in [-0.2, -0.15) is 5.26 Å². The maximum atomic E-state index is 12.3. The first-order chi connectivity index (χ1) is 11.0. The van der Waals surface area contributed by atoms with E-state index in [0.717, 1.165) is 22.5 Å². The third kappa shape index (κ3) is 3.72. The molecule has 1 amide bonds. The monoisotopic (exact) mass is 325 g/mol. The lowest BCUT2D eigenvalue weighted by Gasteiger charge is -2.17. The molecule has 4 nitrogen and oxygen atoms in total. The van der Waals surface area contributed by atoms with Crippen molar-refractivity contribution in [3.05, 3.63) is 52.7 Å². The van der Waals surface area contributed by atoms with Gasteiger partial charge in [0.05, 0.1) is 11.3 Å². The summed E-state index contributed by atoms with van der Waals surface area (Å²) in [6, 6.07) is 11.7. The summed E-state index contributed by atoms with van der Waals surface area (Å²) in [7, 11) is 1.75. The Balaban J connectivity index is 2.15. The number of benzene rings is 1. The highest BCUT2D eigenvalue weighted by Crippen LogP contribution is 2.27. The number of carbonyl (C=O) groups is 1. The molecule has 0 bridgehead atoms. The zero-order valence-corrected chi connectivity index (χ0v) is 14.6. The molecule has 0 saturated heterocycles. The van der Waals surface area contributed by atoms with E-state index in [1.54, 1.807) is 11.9 Å². The molecule has 2 rings (SSSR count). The number of aromatic nitrogens is 1. The van der Waals surface area contributed by atoms with Gasteiger partial charge < -0.3 is 4.90 Å². The fourth-order valence-corrected chi connectivity index (χ4v) is 3.17. The molecule has 0 saturated carbocycles. The van der Waals surface area contributed by atoms with Gasteiger partial charge in [0.15, 0.2) is 0 Å². The number of carbonyl (C=O) groups excluding carboxylic acids is 1. The normalized spacial score (nSPS) is 10.2. The Labute approximate surface area is 141 Å². The molecular formula is C18H19N3OS. The summed E-state index contributed by atoms with van der Waals surface area (Å²) in [6.45, 7) is 5.80. The van der Waals surface area contributed by atoms with Crippen LogP contribution in [0.15, 0.2) is 35.4 Å². The predicted octanol–water partition coefficient (Wildman–Crippen LogP) is 3.63.